The highest BCUT2D eigenvalue weighted by atomic mass is 32.1. The molecule has 0 aliphatic heterocycles. The third-order valence-corrected chi connectivity index (χ3v) is 20.3. The van der Waals surface area contributed by atoms with Crippen LogP contribution in [0.3, 0.4) is 0 Å². The summed E-state index contributed by atoms with van der Waals surface area (Å²) in [5.74, 6) is 0.608. The third kappa shape index (κ3) is 8.29. The van der Waals surface area contributed by atoms with Gasteiger partial charge in [0.15, 0.2) is 0 Å². The zero-order valence-electron chi connectivity index (χ0n) is 49.9. The zero-order valence-corrected chi connectivity index (χ0v) is 50.7. The number of fused-ring (bicyclic) bond motifs is 17. The molecule has 1 aliphatic rings. The molecule has 0 bridgehead atoms. The summed E-state index contributed by atoms with van der Waals surface area (Å²) in [5, 5.41) is 16.9. The quantitative estimate of drug-likeness (QED) is 0.135. The summed E-state index contributed by atoms with van der Waals surface area (Å²) in [5.41, 5.74) is 18.7. The van der Waals surface area contributed by atoms with Gasteiger partial charge in [0.25, 0.3) is 0 Å². The van der Waals surface area contributed by atoms with Crippen molar-refractivity contribution in [1.82, 2.24) is 14.5 Å². The van der Waals surface area contributed by atoms with E-state index in [0.717, 1.165) is 79.1 Å². The van der Waals surface area contributed by atoms with Crippen LogP contribution < -0.4 is 4.90 Å². The normalized spacial score (nSPS) is 12.3. The molecule has 0 saturated carbocycles. The van der Waals surface area contributed by atoms with Gasteiger partial charge in [0.1, 0.15) is 0 Å². The first-order valence-corrected chi connectivity index (χ1v) is 32.4. The van der Waals surface area contributed by atoms with E-state index in [2.05, 4.69) is 325 Å². The van der Waals surface area contributed by atoms with E-state index in [9.17, 15) is 0 Å². The van der Waals surface area contributed by atoms with Gasteiger partial charge in [-0.25, -0.2) is 9.97 Å². The van der Waals surface area contributed by atoms with Crippen LogP contribution in [0.15, 0.2) is 309 Å². The van der Waals surface area contributed by atoms with Gasteiger partial charge in [-0.05, 0) is 154 Å². The van der Waals surface area contributed by atoms with Crippen LogP contribution in [-0.4, -0.2) is 14.5 Å². The molecule has 3 heterocycles. The van der Waals surface area contributed by atoms with Crippen molar-refractivity contribution in [2.24, 2.45) is 0 Å². The van der Waals surface area contributed by atoms with Gasteiger partial charge in [-0.15, -0.1) is 11.3 Å². The molecule has 92 heavy (non-hydrogen) atoms. The molecular formula is C87H54N4S. The van der Waals surface area contributed by atoms with Crippen molar-refractivity contribution < 1.29 is 0 Å². The number of hydrogen-bond donors (Lipinski definition) is 0. The summed E-state index contributed by atoms with van der Waals surface area (Å²) in [6, 6.07) is 111. The number of rotatable bonds is 9. The third-order valence-electron chi connectivity index (χ3n) is 19.1. The summed E-state index contributed by atoms with van der Waals surface area (Å²) in [6.45, 7) is 0. The number of nitrogens with zero attached hydrogens (tertiary/aromatic N) is 4. The fourth-order valence-corrected chi connectivity index (χ4v) is 16.2. The Bertz CT molecular complexity index is 6030. The van der Waals surface area contributed by atoms with Crippen molar-refractivity contribution in [1.29, 1.82) is 0 Å². The van der Waals surface area contributed by atoms with E-state index in [0.29, 0.717) is 5.95 Å². The highest BCUT2D eigenvalue weighted by Crippen LogP contribution is 2.52. The first kappa shape index (κ1) is 52.2. The van der Waals surface area contributed by atoms with Gasteiger partial charge in [-0.1, -0.05) is 261 Å². The lowest BCUT2D eigenvalue weighted by molar-refractivity contribution is 1.00. The van der Waals surface area contributed by atoms with E-state index < -0.39 is 0 Å². The van der Waals surface area contributed by atoms with Crippen molar-refractivity contribution >= 4 is 130 Å². The molecule has 0 amide bonds. The molecule has 4 nitrogen and oxygen atoms in total. The van der Waals surface area contributed by atoms with Crippen molar-refractivity contribution in [3.05, 3.63) is 321 Å². The van der Waals surface area contributed by atoms with Crippen molar-refractivity contribution in [2.75, 3.05) is 4.90 Å². The Labute approximate surface area is 535 Å². The minimum Gasteiger partial charge on any atom is -0.310 e. The van der Waals surface area contributed by atoms with Crippen LogP contribution >= 0.6 is 11.3 Å². The zero-order chi connectivity index (χ0) is 60.4. The molecule has 18 aromatic rings. The predicted octanol–water partition coefficient (Wildman–Crippen LogP) is 24.1. The summed E-state index contributed by atoms with van der Waals surface area (Å²) in [7, 11) is 0. The van der Waals surface area contributed by atoms with Gasteiger partial charge >= 0.3 is 0 Å². The summed E-state index contributed by atoms with van der Waals surface area (Å²) in [4.78, 5) is 14.2. The topological polar surface area (TPSA) is 34.0 Å². The lowest BCUT2D eigenvalue weighted by Crippen LogP contribution is -2.10. The lowest BCUT2D eigenvalue weighted by atomic mass is 9.92. The van der Waals surface area contributed by atoms with Crippen molar-refractivity contribution in [3.8, 4) is 61.8 Å². The monoisotopic (exact) mass is 1190 g/mol. The molecule has 19 rings (SSSR count). The van der Waals surface area contributed by atoms with Crippen LogP contribution in [0.4, 0.5) is 17.1 Å². The van der Waals surface area contributed by atoms with E-state index in [1.165, 1.54) is 107 Å². The average Bonchev–Trinajstić information content (AvgIpc) is 1.51. The SMILES string of the molecule is C1=Cc2cc(N(c3ccc(-c4ccccc4)cc3)c3ccc4sc5c(c4c3)c3ccccc3c3c4ccc6c7ccccc7c7ccccc7c6c4n(-c4nc(-c6ccc(-c7ccccc7)cc6)cc(-c6cccc(-c7ccccc7)c6)n4)c53)cc3cccc(c23)C1. The number of aromatic nitrogens is 3. The van der Waals surface area contributed by atoms with Crippen molar-refractivity contribution in [3.63, 3.8) is 0 Å². The second kappa shape index (κ2) is 20.9. The average molecular weight is 1190 g/mol. The Hall–Kier alpha value is -11.8. The molecular weight excluding hydrogens is 1130 g/mol. The Morgan fingerprint density at radius 1 is 0.315 bits per heavy atom. The van der Waals surface area contributed by atoms with E-state index in [1.807, 2.05) is 11.3 Å². The Morgan fingerprint density at radius 2 is 0.815 bits per heavy atom. The summed E-state index contributed by atoms with van der Waals surface area (Å²) < 4.78 is 4.85. The predicted molar refractivity (Wildman–Crippen MR) is 391 cm³/mol. The Morgan fingerprint density at radius 3 is 1.50 bits per heavy atom. The first-order chi connectivity index (χ1) is 45.6. The standard InChI is InChI=1S/C87H54N4S/c1-4-19-54(20-5-1)57-37-39-59(40-38-57)77-53-78(62-28-18-27-61(49-62)56-23-8-3-9-24-56)89-87(88-77)91-84-75(47-46-74-70-33-11-10-31-68(70)69-32-12-13-34-71(69)81(74)84)82-72-35-14-15-36-73(72)83-76-52-66(45-48-79(76)92-86(83)85(82)91)90(65-43-41-58(42-44-65)55-21-6-2-7-22-55)67-50-63-29-16-25-60-26-17-30-64(51-67)80(60)63/h1-25,27-53H,26H2. The minimum atomic E-state index is 0.608. The van der Waals surface area contributed by atoms with Gasteiger partial charge in [0.05, 0.1) is 27.1 Å². The van der Waals surface area contributed by atoms with E-state index in [1.54, 1.807) is 0 Å². The maximum Gasteiger partial charge on any atom is 0.235 e. The molecule has 0 spiro atoms. The van der Waals surface area contributed by atoms with Crippen molar-refractivity contribution in [2.45, 2.75) is 6.42 Å². The van der Waals surface area contributed by atoms with Crippen LogP contribution in [0.2, 0.25) is 0 Å². The fraction of sp³-hybridized carbons (Fsp3) is 0.0115. The number of benzene rings is 15. The number of hydrogen-bond acceptors (Lipinski definition) is 4. The molecule has 5 heteroatoms. The summed E-state index contributed by atoms with van der Waals surface area (Å²) >= 11 is 1.87. The lowest BCUT2D eigenvalue weighted by Gasteiger charge is -2.27. The molecule has 0 fully saturated rings. The van der Waals surface area contributed by atoms with E-state index in [4.69, 9.17) is 9.97 Å². The Kier molecular flexibility index (Phi) is 11.9. The van der Waals surface area contributed by atoms with Gasteiger partial charge in [0.2, 0.25) is 5.95 Å². The van der Waals surface area contributed by atoms with Crippen LogP contribution in [0.5, 0.6) is 0 Å². The molecule has 0 radical (unpaired) electrons. The van der Waals surface area contributed by atoms with Gasteiger partial charge in [0, 0.05) is 59.8 Å². The molecule has 1 aliphatic carbocycles. The second-order valence-electron chi connectivity index (χ2n) is 24.3. The number of thiophene rings is 1. The number of anilines is 3. The molecule has 0 atom stereocenters. The van der Waals surface area contributed by atoms with E-state index >= 15 is 0 Å². The number of allylic oxidation sites excluding steroid dienone is 1. The van der Waals surface area contributed by atoms with Gasteiger partial charge in [-0.2, -0.15) is 0 Å². The van der Waals surface area contributed by atoms with E-state index in [-0.39, 0.29) is 0 Å². The maximum absolute atomic E-state index is 5.88. The second-order valence-corrected chi connectivity index (χ2v) is 25.4. The molecule has 15 aromatic carbocycles. The first-order valence-electron chi connectivity index (χ1n) is 31.6. The van der Waals surface area contributed by atoms with Gasteiger partial charge < -0.3 is 4.90 Å². The van der Waals surface area contributed by atoms with Crippen LogP contribution in [-0.2, 0) is 6.42 Å². The molecule has 0 N–H and O–H groups in total. The van der Waals surface area contributed by atoms with Crippen LogP contribution in [0.25, 0.3) is 164 Å². The highest BCUT2D eigenvalue weighted by molar-refractivity contribution is 7.27. The Balaban J connectivity index is 0.925. The molecule has 3 aromatic heterocycles. The minimum absolute atomic E-state index is 0.608. The molecule has 428 valence electrons. The highest BCUT2D eigenvalue weighted by Gasteiger charge is 2.28. The smallest absolute Gasteiger partial charge is 0.235 e. The van der Waals surface area contributed by atoms with Crippen LogP contribution in [0, 0.1) is 0 Å². The molecule has 0 saturated heterocycles. The fourth-order valence-electron chi connectivity index (χ4n) is 15.0. The summed E-state index contributed by atoms with van der Waals surface area (Å²) in [6.07, 6.45) is 5.54. The molecule has 0 unspecified atom stereocenters. The van der Waals surface area contributed by atoms with Gasteiger partial charge in [-0.3, -0.25) is 4.57 Å². The maximum atomic E-state index is 5.88. The van der Waals surface area contributed by atoms with Crippen LogP contribution in [0.1, 0.15) is 11.1 Å². The largest absolute Gasteiger partial charge is 0.310 e.